The van der Waals surface area contributed by atoms with Crippen LogP contribution in [0.4, 0.5) is 5.82 Å². The molecule has 1 aliphatic heterocycles. The molecule has 1 fully saturated rings. The number of anilines is 1. The average Bonchev–Trinajstić information content (AvgIpc) is 2.39. The summed E-state index contributed by atoms with van der Waals surface area (Å²) >= 11 is 1.88. The Morgan fingerprint density at radius 1 is 1.38 bits per heavy atom. The van der Waals surface area contributed by atoms with E-state index in [1.54, 1.807) is 13.2 Å². The average molecular weight is 238 g/mol. The van der Waals surface area contributed by atoms with Gasteiger partial charge in [0.2, 0.25) is 0 Å². The second kappa shape index (κ2) is 5.16. The van der Waals surface area contributed by atoms with E-state index in [0.717, 1.165) is 24.6 Å². The zero-order valence-corrected chi connectivity index (χ0v) is 9.96. The van der Waals surface area contributed by atoms with Crippen molar-refractivity contribution in [3.63, 3.8) is 0 Å². The molecular formula is C10H14N4OS. The van der Waals surface area contributed by atoms with E-state index in [4.69, 9.17) is 0 Å². The minimum Gasteiger partial charge on any atom is -0.372 e. The molecule has 1 amide bonds. The van der Waals surface area contributed by atoms with E-state index in [1.165, 1.54) is 6.20 Å². The van der Waals surface area contributed by atoms with Crippen molar-refractivity contribution in [1.82, 2.24) is 14.9 Å². The Hall–Kier alpha value is -1.30. The maximum absolute atomic E-state index is 12.0. The Balaban J connectivity index is 2.07. The summed E-state index contributed by atoms with van der Waals surface area (Å²) in [4.78, 5) is 22.0. The Labute approximate surface area is 98.6 Å². The molecule has 0 unspecified atom stereocenters. The van der Waals surface area contributed by atoms with Crippen LogP contribution >= 0.6 is 11.8 Å². The number of aromatic nitrogens is 2. The summed E-state index contributed by atoms with van der Waals surface area (Å²) in [6.07, 6.45) is 3.10. The highest BCUT2D eigenvalue weighted by Crippen LogP contribution is 2.12. The van der Waals surface area contributed by atoms with Crippen LogP contribution in [-0.2, 0) is 0 Å². The quantitative estimate of drug-likeness (QED) is 0.822. The van der Waals surface area contributed by atoms with Crippen molar-refractivity contribution in [3.05, 3.63) is 18.1 Å². The maximum Gasteiger partial charge on any atom is 0.274 e. The third-order valence-electron chi connectivity index (χ3n) is 2.43. The van der Waals surface area contributed by atoms with Crippen molar-refractivity contribution in [3.8, 4) is 0 Å². The molecule has 86 valence electrons. The molecule has 1 aromatic rings. The van der Waals surface area contributed by atoms with Gasteiger partial charge in [-0.2, -0.15) is 11.8 Å². The highest BCUT2D eigenvalue weighted by Gasteiger charge is 2.19. The third kappa shape index (κ3) is 2.44. The summed E-state index contributed by atoms with van der Waals surface area (Å²) in [5.41, 5.74) is 0.422. The van der Waals surface area contributed by atoms with Gasteiger partial charge in [-0.1, -0.05) is 0 Å². The molecule has 0 aromatic carbocycles. The fraction of sp³-hybridized carbons (Fsp3) is 0.500. The minimum atomic E-state index is -0.0181. The van der Waals surface area contributed by atoms with E-state index < -0.39 is 0 Å². The van der Waals surface area contributed by atoms with Crippen molar-refractivity contribution in [2.24, 2.45) is 0 Å². The van der Waals surface area contributed by atoms with Crippen molar-refractivity contribution >= 4 is 23.5 Å². The first-order valence-electron chi connectivity index (χ1n) is 5.18. The molecule has 16 heavy (non-hydrogen) atoms. The van der Waals surface area contributed by atoms with E-state index in [9.17, 15) is 4.79 Å². The summed E-state index contributed by atoms with van der Waals surface area (Å²) in [6, 6.07) is 0. The molecule has 1 N–H and O–H groups in total. The summed E-state index contributed by atoms with van der Waals surface area (Å²) in [7, 11) is 1.77. The summed E-state index contributed by atoms with van der Waals surface area (Å²) in [6.45, 7) is 1.61. The number of thioether (sulfide) groups is 1. The second-order valence-corrected chi connectivity index (χ2v) is 4.67. The Bertz CT molecular complexity index is 362. The van der Waals surface area contributed by atoms with Crippen molar-refractivity contribution in [2.45, 2.75) is 0 Å². The molecule has 5 nitrogen and oxygen atoms in total. The lowest BCUT2D eigenvalue weighted by atomic mass is 10.3. The number of carbonyl (C=O) groups excluding carboxylic acids is 1. The molecule has 1 aromatic heterocycles. The number of nitrogens with one attached hydrogen (secondary N) is 1. The lowest BCUT2D eigenvalue weighted by Gasteiger charge is -2.25. The van der Waals surface area contributed by atoms with Crippen LogP contribution in [0.15, 0.2) is 12.4 Å². The van der Waals surface area contributed by atoms with Gasteiger partial charge in [0.15, 0.2) is 0 Å². The number of hydrogen-bond acceptors (Lipinski definition) is 5. The van der Waals surface area contributed by atoms with Crippen LogP contribution in [0.3, 0.4) is 0 Å². The van der Waals surface area contributed by atoms with Crippen LogP contribution < -0.4 is 5.32 Å². The van der Waals surface area contributed by atoms with Crippen molar-refractivity contribution in [1.29, 1.82) is 0 Å². The first-order valence-corrected chi connectivity index (χ1v) is 6.33. The number of carbonyl (C=O) groups is 1. The van der Waals surface area contributed by atoms with Gasteiger partial charge in [-0.05, 0) is 0 Å². The predicted octanol–water partition coefficient (Wildman–Crippen LogP) is 0.707. The van der Waals surface area contributed by atoms with Gasteiger partial charge >= 0.3 is 0 Å². The van der Waals surface area contributed by atoms with Gasteiger partial charge in [0.25, 0.3) is 5.91 Å². The number of hydrogen-bond donors (Lipinski definition) is 1. The molecule has 0 saturated carbocycles. The third-order valence-corrected chi connectivity index (χ3v) is 3.37. The molecule has 0 aliphatic carbocycles. The SMILES string of the molecule is CNc1cnc(C(=O)N2CCSCC2)cn1. The highest BCUT2D eigenvalue weighted by molar-refractivity contribution is 7.99. The maximum atomic E-state index is 12.0. The van der Waals surface area contributed by atoms with Crippen LogP contribution in [-0.4, -0.2) is 52.4 Å². The summed E-state index contributed by atoms with van der Waals surface area (Å²) < 4.78 is 0. The van der Waals surface area contributed by atoms with Crippen LogP contribution in [0.1, 0.15) is 10.5 Å². The highest BCUT2D eigenvalue weighted by atomic mass is 32.2. The topological polar surface area (TPSA) is 58.1 Å². The molecule has 0 atom stereocenters. The Morgan fingerprint density at radius 3 is 2.69 bits per heavy atom. The van der Waals surface area contributed by atoms with E-state index in [-0.39, 0.29) is 5.91 Å². The molecular weight excluding hydrogens is 224 g/mol. The van der Waals surface area contributed by atoms with E-state index in [0.29, 0.717) is 11.5 Å². The molecule has 0 spiro atoms. The smallest absolute Gasteiger partial charge is 0.274 e. The predicted molar refractivity (Wildman–Crippen MR) is 64.8 cm³/mol. The van der Waals surface area contributed by atoms with Crippen molar-refractivity contribution < 1.29 is 4.79 Å². The Morgan fingerprint density at radius 2 is 2.12 bits per heavy atom. The number of amides is 1. The lowest BCUT2D eigenvalue weighted by molar-refractivity contribution is 0.0766. The van der Waals surface area contributed by atoms with E-state index in [1.807, 2.05) is 16.7 Å². The molecule has 2 rings (SSSR count). The first-order chi connectivity index (χ1) is 7.81. The fourth-order valence-electron chi connectivity index (χ4n) is 1.50. The van der Waals surface area contributed by atoms with Gasteiger partial charge in [0, 0.05) is 31.6 Å². The largest absolute Gasteiger partial charge is 0.372 e. The zero-order chi connectivity index (χ0) is 11.4. The van der Waals surface area contributed by atoms with Crippen molar-refractivity contribution in [2.75, 3.05) is 37.0 Å². The van der Waals surface area contributed by atoms with Crippen LogP contribution in [0, 0.1) is 0 Å². The molecule has 0 bridgehead atoms. The summed E-state index contributed by atoms with van der Waals surface area (Å²) in [5.74, 6) is 2.67. The molecule has 6 heteroatoms. The number of nitrogens with zero attached hydrogens (tertiary/aromatic N) is 3. The van der Waals surface area contributed by atoms with Gasteiger partial charge in [0.1, 0.15) is 11.5 Å². The van der Waals surface area contributed by atoms with E-state index in [2.05, 4.69) is 15.3 Å². The lowest BCUT2D eigenvalue weighted by Crippen LogP contribution is -2.38. The molecule has 0 radical (unpaired) electrons. The zero-order valence-electron chi connectivity index (χ0n) is 9.14. The van der Waals surface area contributed by atoms with Gasteiger partial charge in [-0.25, -0.2) is 9.97 Å². The molecule has 2 heterocycles. The van der Waals surface area contributed by atoms with Crippen LogP contribution in [0.5, 0.6) is 0 Å². The Kier molecular flexibility index (Phi) is 3.61. The van der Waals surface area contributed by atoms with Gasteiger partial charge in [0.05, 0.1) is 12.4 Å². The monoisotopic (exact) mass is 238 g/mol. The minimum absolute atomic E-state index is 0.0181. The summed E-state index contributed by atoms with van der Waals surface area (Å²) in [5, 5.41) is 2.87. The van der Waals surface area contributed by atoms with Gasteiger partial charge in [-0.3, -0.25) is 4.79 Å². The molecule has 1 saturated heterocycles. The normalized spacial score (nSPS) is 15.9. The standard InChI is InChI=1S/C10H14N4OS/c1-11-9-7-12-8(6-13-9)10(15)14-2-4-16-5-3-14/h6-7H,2-5H2,1H3,(H,11,13). The fourth-order valence-corrected chi connectivity index (χ4v) is 2.40. The molecule has 1 aliphatic rings. The van der Waals surface area contributed by atoms with Crippen LogP contribution in [0.2, 0.25) is 0 Å². The number of rotatable bonds is 2. The van der Waals surface area contributed by atoms with Gasteiger partial charge < -0.3 is 10.2 Å². The van der Waals surface area contributed by atoms with Gasteiger partial charge in [-0.15, -0.1) is 0 Å². The first kappa shape index (κ1) is 11.2. The van der Waals surface area contributed by atoms with Crippen LogP contribution in [0.25, 0.3) is 0 Å². The van der Waals surface area contributed by atoms with E-state index >= 15 is 0 Å². The second-order valence-electron chi connectivity index (χ2n) is 3.44.